The Bertz CT molecular complexity index is 1180. The zero-order valence-electron chi connectivity index (χ0n) is 17.2. The van der Waals surface area contributed by atoms with E-state index in [1.807, 2.05) is 36.4 Å². The van der Waals surface area contributed by atoms with E-state index in [1.54, 1.807) is 29.7 Å². The van der Waals surface area contributed by atoms with Crippen LogP contribution in [0.2, 0.25) is 0 Å². The van der Waals surface area contributed by atoms with Gasteiger partial charge < -0.3 is 19.5 Å². The average molecular weight is 434 g/mol. The minimum atomic E-state index is -0.249. The summed E-state index contributed by atoms with van der Waals surface area (Å²) in [7, 11) is 2.13. The molecule has 0 aliphatic carbocycles. The second-order valence-electron chi connectivity index (χ2n) is 7.61. The molecule has 1 aromatic carbocycles. The molecule has 0 atom stereocenters. The third-order valence-corrected chi connectivity index (χ3v) is 6.50. The molecule has 31 heavy (non-hydrogen) atoms. The smallest absolute Gasteiger partial charge is 0.287 e. The number of aromatic nitrogens is 2. The maximum Gasteiger partial charge on any atom is 0.287 e. The Hall–Kier alpha value is -3.23. The number of carbonyl (C=O) groups excluding carboxylic acids is 1. The number of thiazole rings is 1. The molecular formula is C23H23N5O2S. The van der Waals surface area contributed by atoms with Gasteiger partial charge in [0.15, 0.2) is 16.5 Å². The summed E-state index contributed by atoms with van der Waals surface area (Å²) in [5, 5.41) is 3.74. The zero-order chi connectivity index (χ0) is 21.2. The lowest BCUT2D eigenvalue weighted by Crippen LogP contribution is -2.45. The number of piperazine rings is 1. The first-order valence-electron chi connectivity index (χ1n) is 10.3. The number of hydrogen-bond acceptors (Lipinski definition) is 7. The SMILES string of the molecule is CN1CCN(c2ncccc2CNC(=O)c2ccc(-c3nc4ccccc4s3)o2)CC1. The number of likely N-dealkylation sites (N-methyl/N-ethyl adjacent to an activating group) is 1. The molecule has 1 N–H and O–H groups in total. The summed E-state index contributed by atoms with van der Waals surface area (Å²) in [4.78, 5) is 26.4. The minimum Gasteiger partial charge on any atom is -0.448 e. The number of para-hydroxylation sites is 1. The van der Waals surface area contributed by atoms with Gasteiger partial charge in [-0.1, -0.05) is 18.2 Å². The van der Waals surface area contributed by atoms with E-state index >= 15 is 0 Å². The molecule has 0 radical (unpaired) electrons. The highest BCUT2D eigenvalue weighted by Gasteiger charge is 2.19. The number of carbonyl (C=O) groups is 1. The second-order valence-corrected chi connectivity index (χ2v) is 8.64. The van der Waals surface area contributed by atoms with E-state index in [0.29, 0.717) is 12.3 Å². The van der Waals surface area contributed by atoms with Crippen molar-refractivity contribution in [2.24, 2.45) is 0 Å². The van der Waals surface area contributed by atoms with Crippen LogP contribution < -0.4 is 10.2 Å². The molecule has 7 nitrogen and oxygen atoms in total. The summed E-state index contributed by atoms with van der Waals surface area (Å²) in [6.45, 7) is 4.26. The predicted octanol–water partition coefficient (Wildman–Crippen LogP) is 3.63. The van der Waals surface area contributed by atoms with Crippen LogP contribution in [0.3, 0.4) is 0 Å². The third kappa shape index (κ3) is 4.17. The summed E-state index contributed by atoms with van der Waals surface area (Å²) in [6.07, 6.45) is 1.80. The fourth-order valence-corrected chi connectivity index (χ4v) is 4.61. The quantitative estimate of drug-likeness (QED) is 0.518. The van der Waals surface area contributed by atoms with Crippen LogP contribution in [0.5, 0.6) is 0 Å². The Kier molecular flexibility index (Phi) is 5.40. The molecule has 3 aromatic heterocycles. The number of furan rings is 1. The van der Waals surface area contributed by atoms with Crippen molar-refractivity contribution in [3.8, 4) is 10.8 Å². The monoisotopic (exact) mass is 433 g/mol. The van der Waals surface area contributed by atoms with Crippen LogP contribution in [0, 0.1) is 0 Å². The standard InChI is InChI=1S/C23H23N5O2S/c1-27-11-13-28(14-12-27)21-16(5-4-10-24-21)15-25-22(29)18-8-9-19(30-18)23-26-17-6-2-3-7-20(17)31-23/h2-10H,11-15H2,1H3,(H,25,29). The molecule has 0 bridgehead atoms. The van der Waals surface area contributed by atoms with Gasteiger partial charge in [-0.2, -0.15) is 0 Å². The van der Waals surface area contributed by atoms with E-state index in [0.717, 1.165) is 52.8 Å². The van der Waals surface area contributed by atoms with E-state index in [1.165, 1.54) is 0 Å². The molecule has 0 saturated carbocycles. The van der Waals surface area contributed by atoms with Gasteiger partial charge in [-0.15, -0.1) is 11.3 Å². The molecule has 5 rings (SSSR count). The summed E-state index contributed by atoms with van der Waals surface area (Å²) in [6, 6.07) is 15.3. The largest absolute Gasteiger partial charge is 0.448 e. The molecule has 8 heteroatoms. The molecule has 1 saturated heterocycles. The zero-order valence-corrected chi connectivity index (χ0v) is 18.1. The van der Waals surface area contributed by atoms with Crippen LogP contribution in [0.1, 0.15) is 16.1 Å². The van der Waals surface area contributed by atoms with Crippen molar-refractivity contribution < 1.29 is 9.21 Å². The maximum atomic E-state index is 12.7. The van der Waals surface area contributed by atoms with E-state index in [-0.39, 0.29) is 11.7 Å². The van der Waals surface area contributed by atoms with Crippen molar-refractivity contribution in [1.29, 1.82) is 0 Å². The Labute approximate surface area is 184 Å². The second kappa shape index (κ2) is 8.49. The number of hydrogen-bond donors (Lipinski definition) is 1. The first kappa shape index (κ1) is 19.7. The van der Waals surface area contributed by atoms with Crippen molar-refractivity contribution in [3.63, 3.8) is 0 Å². The van der Waals surface area contributed by atoms with Crippen molar-refractivity contribution >= 4 is 33.3 Å². The molecule has 1 aliphatic rings. The highest BCUT2D eigenvalue weighted by Crippen LogP contribution is 2.31. The lowest BCUT2D eigenvalue weighted by atomic mass is 10.2. The van der Waals surface area contributed by atoms with Crippen LogP contribution >= 0.6 is 11.3 Å². The number of benzene rings is 1. The topological polar surface area (TPSA) is 74.5 Å². The Balaban J connectivity index is 1.28. The van der Waals surface area contributed by atoms with E-state index in [2.05, 4.69) is 32.1 Å². The van der Waals surface area contributed by atoms with Crippen molar-refractivity contribution in [1.82, 2.24) is 20.2 Å². The highest BCUT2D eigenvalue weighted by molar-refractivity contribution is 7.21. The molecule has 158 valence electrons. The lowest BCUT2D eigenvalue weighted by Gasteiger charge is -2.34. The molecular weight excluding hydrogens is 410 g/mol. The molecule has 1 amide bonds. The summed E-state index contributed by atoms with van der Waals surface area (Å²) in [5.41, 5.74) is 1.93. The minimum absolute atomic E-state index is 0.249. The number of amides is 1. The van der Waals surface area contributed by atoms with E-state index < -0.39 is 0 Å². The first-order valence-corrected chi connectivity index (χ1v) is 11.1. The number of nitrogens with one attached hydrogen (secondary N) is 1. The molecule has 1 aliphatic heterocycles. The Morgan fingerprint density at radius 2 is 1.94 bits per heavy atom. The van der Waals surface area contributed by atoms with Gasteiger partial charge in [-0.05, 0) is 37.4 Å². The lowest BCUT2D eigenvalue weighted by molar-refractivity contribution is 0.0924. The summed E-state index contributed by atoms with van der Waals surface area (Å²) >= 11 is 1.55. The number of fused-ring (bicyclic) bond motifs is 1. The van der Waals surface area contributed by atoms with Crippen molar-refractivity contribution in [2.75, 3.05) is 38.1 Å². The maximum absolute atomic E-state index is 12.7. The van der Waals surface area contributed by atoms with Gasteiger partial charge in [0.25, 0.3) is 5.91 Å². The fourth-order valence-electron chi connectivity index (χ4n) is 3.69. The van der Waals surface area contributed by atoms with Gasteiger partial charge in [0, 0.05) is 44.5 Å². The third-order valence-electron chi connectivity index (χ3n) is 5.44. The van der Waals surface area contributed by atoms with Gasteiger partial charge >= 0.3 is 0 Å². The molecule has 0 spiro atoms. The number of anilines is 1. The number of rotatable bonds is 5. The highest BCUT2D eigenvalue weighted by atomic mass is 32.1. The van der Waals surface area contributed by atoms with Gasteiger partial charge in [0.05, 0.1) is 10.2 Å². The van der Waals surface area contributed by atoms with Crippen molar-refractivity contribution in [3.05, 3.63) is 66.1 Å². The van der Waals surface area contributed by atoms with Gasteiger partial charge in [0.2, 0.25) is 0 Å². The molecule has 0 unspecified atom stereocenters. The van der Waals surface area contributed by atoms with Gasteiger partial charge in [-0.25, -0.2) is 9.97 Å². The fraction of sp³-hybridized carbons (Fsp3) is 0.261. The Morgan fingerprint density at radius 3 is 2.77 bits per heavy atom. The van der Waals surface area contributed by atoms with Crippen LogP contribution in [0.25, 0.3) is 21.0 Å². The van der Waals surface area contributed by atoms with Crippen LogP contribution in [0.4, 0.5) is 5.82 Å². The Morgan fingerprint density at radius 1 is 1.10 bits per heavy atom. The number of pyridine rings is 1. The number of nitrogens with zero attached hydrogens (tertiary/aromatic N) is 4. The first-order chi connectivity index (χ1) is 15.2. The normalized spacial score (nSPS) is 14.8. The van der Waals surface area contributed by atoms with Crippen LogP contribution in [-0.2, 0) is 6.54 Å². The van der Waals surface area contributed by atoms with E-state index in [4.69, 9.17) is 4.42 Å². The van der Waals surface area contributed by atoms with Crippen molar-refractivity contribution in [2.45, 2.75) is 6.54 Å². The summed E-state index contributed by atoms with van der Waals surface area (Å²) in [5.74, 6) is 1.57. The van der Waals surface area contributed by atoms with Gasteiger partial charge in [-0.3, -0.25) is 4.79 Å². The molecule has 4 aromatic rings. The van der Waals surface area contributed by atoms with Gasteiger partial charge in [0.1, 0.15) is 5.82 Å². The average Bonchev–Trinajstić information content (AvgIpc) is 3.45. The molecule has 4 heterocycles. The predicted molar refractivity (Wildman–Crippen MR) is 122 cm³/mol. The van der Waals surface area contributed by atoms with E-state index in [9.17, 15) is 4.79 Å². The summed E-state index contributed by atoms with van der Waals surface area (Å²) < 4.78 is 6.90. The van der Waals surface area contributed by atoms with Crippen LogP contribution in [0.15, 0.2) is 59.1 Å². The molecule has 1 fully saturated rings. The van der Waals surface area contributed by atoms with Crippen LogP contribution in [-0.4, -0.2) is 54.0 Å².